The molecule has 0 atom stereocenters. The molecule has 37 heavy (non-hydrogen) atoms. The number of halogens is 1. The van der Waals surface area contributed by atoms with Crippen molar-refractivity contribution in [3.8, 4) is 11.3 Å². The molecule has 2 heterocycles. The summed E-state index contributed by atoms with van der Waals surface area (Å²) in [5.41, 5.74) is 1.20. The van der Waals surface area contributed by atoms with Crippen molar-refractivity contribution < 1.29 is 37.0 Å². The number of pyridine rings is 1. The molecule has 0 fully saturated rings. The molecular formula is C25H24FN3O7S. The molecule has 0 aliphatic heterocycles. The van der Waals surface area contributed by atoms with Crippen molar-refractivity contribution in [1.29, 1.82) is 0 Å². The Morgan fingerprint density at radius 3 is 2.62 bits per heavy atom. The van der Waals surface area contributed by atoms with Gasteiger partial charge in [-0.2, -0.15) is 0 Å². The van der Waals surface area contributed by atoms with E-state index in [0.29, 0.717) is 23.8 Å². The van der Waals surface area contributed by atoms with Gasteiger partial charge in [0.05, 0.1) is 12.3 Å². The lowest BCUT2D eigenvalue weighted by atomic mass is 10.1. The summed E-state index contributed by atoms with van der Waals surface area (Å²) in [6.07, 6.45) is 5.92. The zero-order valence-electron chi connectivity index (χ0n) is 19.8. The Hall–Kier alpha value is -4.16. The summed E-state index contributed by atoms with van der Waals surface area (Å²) < 4.78 is 52.6. The summed E-state index contributed by atoms with van der Waals surface area (Å²) in [6, 6.07) is 10.3. The highest BCUT2D eigenvalue weighted by Crippen LogP contribution is 2.29. The Morgan fingerprint density at radius 2 is 1.95 bits per heavy atom. The minimum absolute atomic E-state index is 0.00399. The molecule has 0 amide bonds. The molecule has 3 aromatic rings. The van der Waals surface area contributed by atoms with E-state index in [1.807, 2.05) is 6.92 Å². The molecule has 0 saturated carbocycles. The number of nitrogens with zero attached hydrogens (tertiary/aromatic N) is 3. The molecule has 2 aromatic heterocycles. The maximum absolute atomic E-state index is 14.7. The second kappa shape index (κ2) is 12.7. The first-order valence-corrected chi connectivity index (χ1v) is 12.5. The van der Waals surface area contributed by atoms with E-state index in [0.717, 1.165) is 10.0 Å². The summed E-state index contributed by atoms with van der Waals surface area (Å²) in [6.45, 7) is 1.60. The van der Waals surface area contributed by atoms with Crippen LogP contribution in [0.4, 0.5) is 4.39 Å². The van der Waals surface area contributed by atoms with Gasteiger partial charge in [0.2, 0.25) is 0 Å². The molecule has 0 spiro atoms. The van der Waals surface area contributed by atoms with E-state index < -0.39 is 27.8 Å². The highest BCUT2D eigenvalue weighted by Gasteiger charge is 2.24. The number of carbonyl (C=O) groups is 2. The number of aliphatic imine (C=N–C) groups is 1. The third-order valence-corrected chi connectivity index (χ3v) is 6.63. The van der Waals surface area contributed by atoms with Crippen molar-refractivity contribution in [3.05, 3.63) is 84.6 Å². The first-order chi connectivity index (χ1) is 17.7. The van der Waals surface area contributed by atoms with Crippen molar-refractivity contribution in [2.24, 2.45) is 4.99 Å². The Balaban J connectivity index is 1.82. The van der Waals surface area contributed by atoms with E-state index in [-0.39, 0.29) is 36.1 Å². The normalized spacial score (nSPS) is 12.1. The molecule has 3 rings (SSSR count). The van der Waals surface area contributed by atoms with Gasteiger partial charge < -0.3 is 14.6 Å². The lowest BCUT2D eigenvalue weighted by Gasteiger charge is -2.10. The van der Waals surface area contributed by atoms with E-state index >= 15 is 0 Å². The second-order valence-electron chi connectivity index (χ2n) is 7.42. The van der Waals surface area contributed by atoms with E-state index in [1.54, 1.807) is 12.1 Å². The molecule has 0 aliphatic rings. The van der Waals surface area contributed by atoms with Gasteiger partial charge >= 0.3 is 11.9 Å². The van der Waals surface area contributed by atoms with Crippen molar-refractivity contribution >= 4 is 27.7 Å². The van der Waals surface area contributed by atoms with Crippen LogP contribution in [0.2, 0.25) is 0 Å². The molecule has 0 bridgehead atoms. The highest BCUT2D eigenvalue weighted by molar-refractivity contribution is 7.90. The molecule has 0 radical (unpaired) electrons. The van der Waals surface area contributed by atoms with Crippen LogP contribution in [0.25, 0.3) is 11.3 Å². The van der Waals surface area contributed by atoms with E-state index in [1.165, 1.54) is 48.9 Å². The average Bonchev–Trinajstić information content (AvgIpc) is 3.33. The Kier molecular flexibility index (Phi) is 9.41. The van der Waals surface area contributed by atoms with Crippen molar-refractivity contribution in [2.45, 2.75) is 18.2 Å². The lowest BCUT2D eigenvalue weighted by molar-refractivity contribution is -0.140. The van der Waals surface area contributed by atoms with E-state index in [9.17, 15) is 22.4 Å². The number of esters is 1. The number of hydrogen-bond acceptors (Lipinski definition) is 8. The summed E-state index contributed by atoms with van der Waals surface area (Å²) >= 11 is 0. The number of hydrogen-bond donors (Lipinski definition) is 1. The largest absolute Gasteiger partial charge is 0.478 e. The van der Waals surface area contributed by atoms with Crippen LogP contribution in [0, 0.1) is 5.82 Å². The van der Waals surface area contributed by atoms with Crippen LogP contribution >= 0.6 is 0 Å². The summed E-state index contributed by atoms with van der Waals surface area (Å²) in [5, 5.41) is 8.48. The van der Waals surface area contributed by atoms with Crippen molar-refractivity contribution in [2.75, 3.05) is 19.9 Å². The van der Waals surface area contributed by atoms with Gasteiger partial charge in [0.25, 0.3) is 10.0 Å². The first-order valence-electron chi connectivity index (χ1n) is 11.1. The monoisotopic (exact) mass is 529 g/mol. The number of aliphatic carboxylic acids is 1. The van der Waals surface area contributed by atoms with Gasteiger partial charge in [0.15, 0.2) is 0 Å². The molecule has 1 N–H and O–H groups in total. The third kappa shape index (κ3) is 7.18. The van der Waals surface area contributed by atoms with Crippen molar-refractivity contribution in [3.63, 3.8) is 0 Å². The van der Waals surface area contributed by atoms with Crippen LogP contribution in [0.1, 0.15) is 18.9 Å². The van der Waals surface area contributed by atoms with Gasteiger partial charge in [-0.25, -0.2) is 26.4 Å². The fraction of sp³-hybridized carbons (Fsp3) is 0.200. The zero-order chi connectivity index (χ0) is 26.8. The number of carboxylic acid groups (broad SMARTS) is 1. The molecular weight excluding hydrogens is 505 g/mol. The first kappa shape index (κ1) is 27.4. The zero-order valence-corrected chi connectivity index (χ0v) is 20.6. The van der Waals surface area contributed by atoms with E-state index in [2.05, 4.69) is 9.98 Å². The van der Waals surface area contributed by atoms with Gasteiger partial charge in [-0.05, 0) is 36.8 Å². The maximum Gasteiger partial charge on any atom is 0.331 e. The SMILES string of the molecule is CCC(=NCOCCOC(=O)/C=C/C(=O)O)c1cc(-c2ccccc2F)n(S(=O)(=O)c2cccnc2)c1. The van der Waals surface area contributed by atoms with Gasteiger partial charge in [0, 0.05) is 47.6 Å². The number of carbonyl (C=O) groups excluding carboxylic acids is 1. The van der Waals surface area contributed by atoms with Crippen LogP contribution < -0.4 is 0 Å². The molecule has 1 aromatic carbocycles. The second-order valence-corrected chi connectivity index (χ2v) is 9.23. The lowest BCUT2D eigenvalue weighted by Crippen LogP contribution is -2.14. The average molecular weight is 530 g/mol. The quantitative estimate of drug-likeness (QED) is 0.163. The molecule has 0 unspecified atom stereocenters. The standard InChI is InChI=1S/C25H24FN3O7S/c1-2-22(28-17-35-12-13-36-25(32)10-9-24(30)31)18-14-23(20-7-3-4-8-21(20)26)29(16-18)37(33,34)19-6-5-11-27-15-19/h3-11,14-16H,2,12-13,17H2,1H3,(H,30,31)/b10-9+,28-22?. The van der Waals surface area contributed by atoms with Crippen LogP contribution in [-0.2, 0) is 29.1 Å². The fourth-order valence-corrected chi connectivity index (χ4v) is 4.60. The van der Waals surface area contributed by atoms with Crippen LogP contribution in [0.15, 0.2) is 83.1 Å². The van der Waals surface area contributed by atoms with Gasteiger partial charge in [-0.1, -0.05) is 19.1 Å². The minimum atomic E-state index is -4.10. The summed E-state index contributed by atoms with van der Waals surface area (Å²) in [5.74, 6) is -2.67. The molecule has 194 valence electrons. The Morgan fingerprint density at radius 1 is 1.16 bits per heavy atom. The minimum Gasteiger partial charge on any atom is -0.478 e. The molecule has 12 heteroatoms. The smallest absolute Gasteiger partial charge is 0.331 e. The van der Waals surface area contributed by atoms with E-state index in [4.69, 9.17) is 14.6 Å². The summed E-state index contributed by atoms with van der Waals surface area (Å²) in [4.78, 5) is 29.9. The highest BCUT2D eigenvalue weighted by atomic mass is 32.2. The third-order valence-electron chi connectivity index (χ3n) is 4.98. The molecule has 0 aliphatic carbocycles. The van der Waals surface area contributed by atoms with Crippen LogP contribution in [0.3, 0.4) is 0 Å². The van der Waals surface area contributed by atoms with Crippen LogP contribution in [-0.4, -0.2) is 60.1 Å². The predicted octanol–water partition coefficient (Wildman–Crippen LogP) is 3.28. The number of aromatic nitrogens is 2. The number of benzene rings is 1. The fourth-order valence-electron chi connectivity index (χ4n) is 3.26. The van der Waals surface area contributed by atoms with Gasteiger partial charge in [-0.3, -0.25) is 9.98 Å². The van der Waals surface area contributed by atoms with Crippen LogP contribution in [0.5, 0.6) is 0 Å². The van der Waals surface area contributed by atoms with Crippen molar-refractivity contribution in [1.82, 2.24) is 8.96 Å². The number of rotatable bonds is 12. The number of ether oxygens (including phenoxy) is 2. The number of carboxylic acids is 1. The Bertz CT molecular complexity index is 1420. The maximum atomic E-state index is 14.7. The predicted molar refractivity (Wildman–Crippen MR) is 132 cm³/mol. The summed E-state index contributed by atoms with van der Waals surface area (Å²) in [7, 11) is -4.10. The van der Waals surface area contributed by atoms with Gasteiger partial charge in [-0.15, -0.1) is 0 Å². The molecule has 10 nitrogen and oxygen atoms in total. The van der Waals surface area contributed by atoms with Gasteiger partial charge in [0.1, 0.15) is 24.1 Å². The Labute approximate surface area is 212 Å². The molecule has 0 saturated heterocycles. The topological polar surface area (TPSA) is 137 Å².